The summed E-state index contributed by atoms with van der Waals surface area (Å²) in [5.41, 5.74) is 10.3. The zero-order chi connectivity index (χ0) is 32.8. The average molecular weight is 668 g/mol. The Morgan fingerprint density at radius 2 is 1.74 bits per heavy atom. The monoisotopic (exact) mass is 667 g/mol. The number of nitrogens with one attached hydrogen (secondary N) is 2. The van der Waals surface area contributed by atoms with Gasteiger partial charge in [0.05, 0.1) is 23.3 Å². The van der Waals surface area contributed by atoms with Crippen LogP contribution in [0, 0.1) is 0 Å². The van der Waals surface area contributed by atoms with Gasteiger partial charge in [-0.2, -0.15) is 0 Å². The highest BCUT2D eigenvalue weighted by Crippen LogP contribution is 2.36. The molecule has 3 aromatic carbocycles. The summed E-state index contributed by atoms with van der Waals surface area (Å²) in [6, 6.07) is 28.5. The summed E-state index contributed by atoms with van der Waals surface area (Å²) in [6.45, 7) is 5.45. The van der Waals surface area contributed by atoms with Crippen molar-refractivity contribution in [2.24, 2.45) is 5.73 Å². The van der Waals surface area contributed by atoms with Gasteiger partial charge < -0.3 is 30.0 Å². The van der Waals surface area contributed by atoms with Crippen LogP contribution in [0.2, 0.25) is 5.02 Å². The number of nitrogens with two attached hydrogens (primary N) is 1. The van der Waals surface area contributed by atoms with E-state index in [1.807, 2.05) is 61.0 Å². The Balaban J connectivity index is 1.15. The van der Waals surface area contributed by atoms with Gasteiger partial charge in [0.1, 0.15) is 17.6 Å². The van der Waals surface area contributed by atoms with Crippen molar-refractivity contribution >= 4 is 56.1 Å². The van der Waals surface area contributed by atoms with E-state index in [9.17, 15) is 4.79 Å². The van der Waals surface area contributed by atoms with Gasteiger partial charge >= 0.3 is 0 Å². The lowest BCUT2D eigenvalue weighted by Crippen LogP contribution is -2.39. The minimum Gasteiger partial charge on any atom is -0.454 e. The minimum absolute atomic E-state index is 0.0810. The van der Waals surface area contributed by atoms with Gasteiger partial charge in [-0.05, 0) is 49.2 Å². The maximum atomic E-state index is 12.2. The molecule has 242 valence electrons. The Hall–Kier alpha value is -4.64. The Labute approximate surface area is 282 Å². The van der Waals surface area contributed by atoms with Gasteiger partial charge in [-0.3, -0.25) is 4.79 Å². The molecule has 1 atom stereocenters. The van der Waals surface area contributed by atoms with Crippen LogP contribution in [-0.4, -0.2) is 42.2 Å². The molecular formula is C36H38ClN7O2S. The first-order valence-corrected chi connectivity index (χ1v) is 17.2. The minimum atomic E-state index is -0.558. The third kappa shape index (κ3) is 8.59. The third-order valence-corrected chi connectivity index (χ3v) is 9.69. The number of carbonyl (C=O) groups excluding carboxylic acids is 1. The van der Waals surface area contributed by atoms with Gasteiger partial charge in [0, 0.05) is 48.1 Å². The zero-order valence-electron chi connectivity index (χ0n) is 26.4. The third-order valence-electron chi connectivity index (χ3n) is 7.43. The maximum Gasteiger partial charge on any atom is 0.221 e. The predicted octanol–water partition coefficient (Wildman–Crippen LogP) is 6.99. The average Bonchev–Trinajstić information content (AvgIpc) is 3.62. The van der Waals surface area contributed by atoms with E-state index < -0.39 is 5.54 Å². The second kappa shape index (κ2) is 14.4. The number of rotatable bonds is 13. The second-order valence-electron chi connectivity index (χ2n) is 12.1. The predicted molar refractivity (Wildman–Crippen MR) is 193 cm³/mol. The van der Waals surface area contributed by atoms with Gasteiger partial charge in [0.2, 0.25) is 5.91 Å². The Morgan fingerprint density at radius 3 is 2.47 bits per heavy atom. The van der Waals surface area contributed by atoms with E-state index in [0.717, 1.165) is 34.8 Å². The molecule has 3 heterocycles. The van der Waals surface area contributed by atoms with Crippen LogP contribution in [-0.2, 0) is 23.6 Å². The number of amides is 1. The van der Waals surface area contributed by atoms with E-state index in [-0.39, 0.29) is 23.0 Å². The fraction of sp³-hybridized carbons (Fsp3) is 0.222. The molecule has 9 nitrogen and oxygen atoms in total. The normalized spacial score (nSPS) is 14.5. The second-order valence-corrected chi connectivity index (χ2v) is 14.3. The van der Waals surface area contributed by atoms with Crippen molar-refractivity contribution in [2.45, 2.75) is 44.6 Å². The van der Waals surface area contributed by atoms with Crippen LogP contribution >= 0.6 is 22.3 Å². The summed E-state index contributed by atoms with van der Waals surface area (Å²) in [5, 5.41) is 8.99. The molecule has 0 saturated carbocycles. The number of nitrogens with zero attached hydrogens (tertiary/aromatic N) is 4. The van der Waals surface area contributed by atoms with E-state index >= 15 is 0 Å². The number of anilines is 2. The largest absolute Gasteiger partial charge is 0.454 e. The first kappa shape index (κ1) is 32.3. The van der Waals surface area contributed by atoms with Crippen molar-refractivity contribution in [3.05, 3.63) is 126 Å². The molecule has 0 bridgehead atoms. The van der Waals surface area contributed by atoms with E-state index in [1.54, 1.807) is 0 Å². The molecule has 5 aromatic rings. The molecular weight excluding hydrogens is 630 g/mol. The summed E-state index contributed by atoms with van der Waals surface area (Å²) in [5.74, 6) is 2.77. The number of carbonyl (C=O) groups is 1. The van der Waals surface area contributed by atoms with Gasteiger partial charge in [0.15, 0.2) is 11.6 Å². The summed E-state index contributed by atoms with van der Waals surface area (Å²) in [7, 11) is -0.190. The van der Waals surface area contributed by atoms with Crippen molar-refractivity contribution in [3.63, 3.8) is 0 Å². The maximum absolute atomic E-state index is 12.2. The molecule has 0 spiro atoms. The van der Waals surface area contributed by atoms with Crippen molar-refractivity contribution in [3.8, 4) is 5.75 Å². The molecule has 0 radical (unpaired) electrons. The molecule has 1 aliphatic heterocycles. The van der Waals surface area contributed by atoms with Crippen LogP contribution in [0.4, 0.5) is 11.5 Å². The van der Waals surface area contributed by atoms with Crippen molar-refractivity contribution in [1.82, 2.24) is 24.2 Å². The molecule has 1 amide bonds. The molecule has 6 rings (SSSR count). The van der Waals surface area contributed by atoms with Crippen molar-refractivity contribution in [1.29, 1.82) is 0 Å². The summed E-state index contributed by atoms with van der Waals surface area (Å²) in [6.07, 6.45) is 5.79. The zero-order valence-corrected chi connectivity index (χ0v) is 28.0. The number of benzene rings is 3. The number of ether oxygens (including phenoxy) is 1. The number of fused-ring (bicyclic) bond motifs is 1. The molecule has 11 heteroatoms. The lowest BCUT2D eigenvalue weighted by atomic mass is 10.0. The lowest BCUT2D eigenvalue weighted by molar-refractivity contribution is -0.122. The number of hydrogen-bond donors (Lipinski definition) is 3. The molecule has 47 heavy (non-hydrogen) atoms. The molecule has 0 fully saturated rings. The number of hydrogen-bond acceptors (Lipinski definition) is 7. The van der Waals surface area contributed by atoms with Crippen LogP contribution in [0.5, 0.6) is 5.75 Å². The molecule has 4 N–H and O–H groups in total. The Morgan fingerprint density at radius 1 is 1.00 bits per heavy atom. The van der Waals surface area contributed by atoms with Gasteiger partial charge in [-0.15, -0.1) is 0 Å². The van der Waals surface area contributed by atoms with E-state index in [1.165, 1.54) is 17.5 Å². The Kier molecular flexibility index (Phi) is 9.91. The summed E-state index contributed by atoms with van der Waals surface area (Å²) < 4.78 is 10.7. The van der Waals surface area contributed by atoms with Gasteiger partial charge in [0.25, 0.3) is 0 Å². The molecule has 0 aliphatic carbocycles. The number of aromatic nitrogens is 3. The molecule has 1 aliphatic rings. The fourth-order valence-electron chi connectivity index (χ4n) is 5.28. The fourth-order valence-corrected chi connectivity index (χ4v) is 7.35. The van der Waals surface area contributed by atoms with Crippen LogP contribution in [0.15, 0.2) is 109 Å². The first-order valence-electron chi connectivity index (χ1n) is 15.4. The van der Waals surface area contributed by atoms with Gasteiger partial charge in [-0.1, -0.05) is 82.9 Å². The topological polar surface area (TPSA) is 110 Å². The highest BCUT2D eigenvalue weighted by molar-refractivity contribution is 8.12. The van der Waals surface area contributed by atoms with Crippen molar-refractivity contribution in [2.75, 3.05) is 11.9 Å². The first-order chi connectivity index (χ1) is 22.7. The number of halogens is 1. The highest BCUT2D eigenvalue weighted by atomic mass is 35.5. The quantitative estimate of drug-likeness (QED) is 0.116. The van der Waals surface area contributed by atoms with Crippen LogP contribution in [0.25, 0.3) is 11.0 Å². The lowest BCUT2D eigenvalue weighted by Gasteiger charge is -2.21. The summed E-state index contributed by atoms with van der Waals surface area (Å²) >= 11 is 6.77. The standard InChI is InChI=1S/C36H38ClN7O2S/c1-36(2,38)20-33(45)39-16-18-43-17-15-31-34(43)35(41-25-40-31)42-28-13-14-32(30(37)19-28)46-29-22-44(21-26-9-5-3-6-10-26)47(24-29)23-27-11-7-4-8-12-27/h3-15,17,19,22,24-25H,16,18,20-21,23,38H2,1-2H3,(H,39,45)(H,40,41,42). The van der Waals surface area contributed by atoms with Crippen LogP contribution in [0.1, 0.15) is 31.4 Å². The Bertz CT molecular complexity index is 1920. The van der Waals surface area contributed by atoms with E-state index in [0.29, 0.717) is 29.7 Å². The van der Waals surface area contributed by atoms with E-state index in [4.69, 9.17) is 22.1 Å². The van der Waals surface area contributed by atoms with Crippen molar-refractivity contribution < 1.29 is 9.53 Å². The highest BCUT2D eigenvalue weighted by Gasteiger charge is 2.19. The van der Waals surface area contributed by atoms with Crippen LogP contribution in [0.3, 0.4) is 0 Å². The van der Waals surface area contributed by atoms with Gasteiger partial charge in [-0.25, -0.2) is 9.97 Å². The van der Waals surface area contributed by atoms with E-state index in [2.05, 4.69) is 85.0 Å². The molecule has 2 aromatic heterocycles. The van der Waals surface area contributed by atoms with Crippen LogP contribution < -0.4 is 21.1 Å². The number of allylic oxidation sites excluding steroid dienone is 1. The SMILES string of the molecule is CC(C)(N)CC(=O)NCCn1ccc2ncnc(Nc3ccc(OC4=CN(Cc5ccccc5)S(Cc5ccccc5)=C4)c(Cl)c3)c21. The summed E-state index contributed by atoms with van der Waals surface area (Å²) in [4.78, 5) is 21.2. The molecule has 0 saturated heterocycles. The smallest absolute Gasteiger partial charge is 0.221 e. The molecule has 1 unspecified atom stereocenters.